The summed E-state index contributed by atoms with van der Waals surface area (Å²) in [6.45, 7) is 0.951. The first-order valence-electron chi connectivity index (χ1n) is 11.4. The number of hydrogen-bond acceptors (Lipinski definition) is 9. The lowest BCUT2D eigenvalue weighted by atomic mass is 10.1. The predicted molar refractivity (Wildman–Crippen MR) is 131 cm³/mol. The van der Waals surface area contributed by atoms with E-state index in [1.807, 2.05) is 0 Å². The molecule has 188 valence electrons. The first-order valence-corrected chi connectivity index (χ1v) is 13.7. The molecule has 2 aromatic rings. The lowest BCUT2D eigenvalue weighted by Crippen LogP contribution is -2.25. The molecule has 2 heterocycles. The Balaban J connectivity index is 1.49. The number of hydrogen-bond donors (Lipinski definition) is 1. The van der Waals surface area contributed by atoms with Gasteiger partial charge in [0.25, 0.3) is 5.91 Å². The zero-order valence-corrected chi connectivity index (χ0v) is 21.2. The van der Waals surface area contributed by atoms with Gasteiger partial charge >= 0.3 is 0 Å². The van der Waals surface area contributed by atoms with Gasteiger partial charge in [0, 0.05) is 43.6 Å². The molecule has 2 amide bonds. The second-order valence-corrected chi connectivity index (χ2v) is 12.0. The second-order valence-electron chi connectivity index (χ2n) is 8.67. The van der Waals surface area contributed by atoms with Crippen LogP contribution in [0.2, 0.25) is 0 Å². The zero-order valence-electron chi connectivity index (χ0n) is 19.6. The van der Waals surface area contributed by atoms with Gasteiger partial charge < -0.3 is 14.5 Å². The summed E-state index contributed by atoms with van der Waals surface area (Å²) in [7, 11) is 0.0668. The van der Waals surface area contributed by atoms with Crippen LogP contribution in [0.4, 0.5) is 5.13 Å². The van der Waals surface area contributed by atoms with Crippen LogP contribution in [0.3, 0.4) is 0 Å². The molecule has 1 aliphatic heterocycles. The number of rotatable bonds is 10. The van der Waals surface area contributed by atoms with Crippen LogP contribution in [0.1, 0.15) is 36.1 Å². The van der Waals surface area contributed by atoms with Crippen LogP contribution >= 0.6 is 11.3 Å². The Bertz CT molecular complexity index is 1200. The normalized spacial score (nSPS) is 18.3. The Kier molecular flexibility index (Phi) is 7.82. The van der Waals surface area contributed by atoms with Crippen LogP contribution in [0.5, 0.6) is 0 Å². The van der Waals surface area contributed by atoms with Crippen molar-refractivity contribution in [3.63, 3.8) is 0 Å². The lowest BCUT2D eigenvalue weighted by Gasteiger charge is -2.10. The number of anilines is 1. The fraction of sp³-hybridized carbons (Fsp3) is 0.478. The largest absolute Gasteiger partial charge is 0.389 e. The molecule has 12 heteroatoms. The van der Waals surface area contributed by atoms with Gasteiger partial charge in [0.2, 0.25) is 5.91 Å². The maximum atomic E-state index is 13.1. The molecule has 4 rings (SSSR count). The van der Waals surface area contributed by atoms with Gasteiger partial charge in [-0.1, -0.05) is 17.3 Å². The zero-order chi connectivity index (χ0) is 25.0. The van der Waals surface area contributed by atoms with E-state index in [4.69, 9.17) is 9.57 Å². The maximum absolute atomic E-state index is 13.1. The van der Waals surface area contributed by atoms with Gasteiger partial charge in [0.05, 0.1) is 23.4 Å². The molecule has 1 aliphatic carbocycles. The van der Waals surface area contributed by atoms with Crippen molar-refractivity contribution in [3.8, 4) is 0 Å². The van der Waals surface area contributed by atoms with E-state index in [9.17, 15) is 18.0 Å². The van der Waals surface area contributed by atoms with Crippen LogP contribution < -0.4 is 5.32 Å². The molecular formula is C23H28N4O6S2. The first-order chi connectivity index (χ1) is 16.7. The summed E-state index contributed by atoms with van der Waals surface area (Å²) in [5.41, 5.74) is 0.427. The number of aromatic nitrogens is 1. The highest BCUT2D eigenvalue weighted by Crippen LogP contribution is 2.33. The minimum absolute atomic E-state index is 0.00630. The van der Waals surface area contributed by atoms with Gasteiger partial charge in [-0.25, -0.2) is 13.4 Å². The van der Waals surface area contributed by atoms with Crippen LogP contribution in [-0.2, 0) is 35.4 Å². The molecule has 35 heavy (non-hydrogen) atoms. The number of nitrogens with zero attached hydrogens (tertiary/aromatic N) is 3. The molecule has 1 aromatic heterocycles. The third-order valence-corrected chi connectivity index (χ3v) is 8.92. The van der Waals surface area contributed by atoms with Crippen molar-refractivity contribution in [2.45, 2.75) is 48.4 Å². The number of oxime groups is 1. The van der Waals surface area contributed by atoms with Crippen LogP contribution in [0.15, 0.2) is 40.5 Å². The molecule has 0 bridgehead atoms. The maximum Gasteiger partial charge on any atom is 0.280 e. The van der Waals surface area contributed by atoms with Gasteiger partial charge in [-0.05, 0) is 31.4 Å². The Morgan fingerprint density at radius 3 is 2.60 bits per heavy atom. The van der Waals surface area contributed by atoms with Gasteiger partial charge in [-0.15, -0.1) is 11.3 Å². The number of amides is 2. The summed E-state index contributed by atoms with van der Waals surface area (Å²) >= 11 is 1.28. The lowest BCUT2D eigenvalue weighted by molar-refractivity contribution is -0.128. The van der Waals surface area contributed by atoms with Crippen LogP contribution in [-0.4, -0.2) is 74.5 Å². The number of benzene rings is 1. The third kappa shape index (κ3) is 6.44. The van der Waals surface area contributed by atoms with Gasteiger partial charge in [0.15, 0.2) is 26.8 Å². The van der Waals surface area contributed by atoms with E-state index >= 15 is 0 Å². The number of ether oxygens (including phenoxy) is 1. The molecule has 2 fully saturated rings. The third-order valence-electron chi connectivity index (χ3n) is 5.67. The first kappa shape index (κ1) is 25.3. The highest BCUT2D eigenvalue weighted by Gasteiger charge is 2.36. The summed E-state index contributed by atoms with van der Waals surface area (Å²) in [5.74, 6) is -0.523. The highest BCUT2D eigenvalue weighted by atomic mass is 32.2. The van der Waals surface area contributed by atoms with E-state index in [-0.39, 0.29) is 27.9 Å². The number of aryl methyl sites for hydroxylation is 1. The van der Waals surface area contributed by atoms with E-state index in [1.54, 1.807) is 32.4 Å². The SMILES string of the molecule is CN(C)C(=O)CCc1cnc(NC(=O)/C(=N/O[C@@H]2CCOC2)c2ccc(S(=O)(=O)C3CC3)cc2)s1. The van der Waals surface area contributed by atoms with Crippen molar-refractivity contribution >= 4 is 43.8 Å². The molecule has 0 radical (unpaired) electrons. The Morgan fingerprint density at radius 2 is 1.97 bits per heavy atom. The monoisotopic (exact) mass is 520 g/mol. The number of carbonyl (C=O) groups excluding carboxylic acids is 2. The van der Waals surface area contributed by atoms with E-state index in [0.717, 1.165) is 4.88 Å². The molecule has 1 N–H and O–H groups in total. The van der Waals surface area contributed by atoms with Gasteiger partial charge in [-0.3, -0.25) is 14.9 Å². The second kappa shape index (κ2) is 10.8. The molecule has 1 saturated heterocycles. The summed E-state index contributed by atoms with van der Waals surface area (Å²) in [4.78, 5) is 37.3. The minimum Gasteiger partial charge on any atom is -0.389 e. The molecular weight excluding hydrogens is 492 g/mol. The number of carbonyl (C=O) groups is 2. The standard InChI is InChI=1S/C23H28N4O6S2/c1-27(2)20(28)10-5-17-13-24-23(34-17)25-22(29)21(26-33-16-11-12-32-14-16)15-3-6-18(7-4-15)35(30,31)19-8-9-19/h3-4,6-7,13,16,19H,5,8-12,14H2,1-2H3,(H,24,25,29)/b26-21+/t16-/m1/s1. The summed E-state index contributed by atoms with van der Waals surface area (Å²) in [5, 5.41) is 6.88. The highest BCUT2D eigenvalue weighted by molar-refractivity contribution is 7.92. The Hall–Kier alpha value is -2.83. The van der Waals surface area contributed by atoms with Gasteiger partial charge in [-0.2, -0.15) is 0 Å². The fourth-order valence-electron chi connectivity index (χ4n) is 3.41. The van der Waals surface area contributed by atoms with Crippen molar-refractivity contribution in [1.82, 2.24) is 9.88 Å². The molecule has 10 nitrogen and oxygen atoms in total. The van der Waals surface area contributed by atoms with Gasteiger partial charge in [0.1, 0.15) is 0 Å². The number of thiazole rings is 1. The minimum atomic E-state index is -3.34. The summed E-state index contributed by atoms with van der Waals surface area (Å²) in [6, 6.07) is 6.10. The van der Waals surface area contributed by atoms with E-state index in [2.05, 4.69) is 15.5 Å². The van der Waals surface area contributed by atoms with E-state index < -0.39 is 15.7 Å². The molecule has 0 spiro atoms. The quantitative estimate of drug-likeness (QED) is 0.376. The topological polar surface area (TPSA) is 127 Å². The van der Waals surface area contributed by atoms with Crippen molar-refractivity contribution < 1.29 is 27.6 Å². The van der Waals surface area contributed by atoms with Crippen LogP contribution in [0, 0.1) is 0 Å². The summed E-state index contributed by atoms with van der Waals surface area (Å²) < 4.78 is 30.3. The molecule has 1 saturated carbocycles. The van der Waals surface area contributed by atoms with Crippen molar-refractivity contribution in [3.05, 3.63) is 40.9 Å². The Labute approximate surface area is 208 Å². The number of nitrogens with one attached hydrogen (secondary N) is 1. The predicted octanol–water partition coefficient (Wildman–Crippen LogP) is 2.25. The van der Waals surface area contributed by atoms with E-state index in [0.29, 0.717) is 56.0 Å². The van der Waals surface area contributed by atoms with Crippen LogP contribution in [0.25, 0.3) is 0 Å². The molecule has 0 unspecified atom stereocenters. The Morgan fingerprint density at radius 1 is 1.23 bits per heavy atom. The van der Waals surface area contributed by atoms with E-state index in [1.165, 1.54) is 28.4 Å². The fourth-order valence-corrected chi connectivity index (χ4v) is 5.88. The summed E-state index contributed by atoms with van der Waals surface area (Å²) in [6.07, 6.45) is 4.26. The molecule has 2 aliphatic rings. The average molecular weight is 521 g/mol. The van der Waals surface area contributed by atoms with Crippen molar-refractivity contribution in [1.29, 1.82) is 0 Å². The molecule has 1 atom stereocenters. The van der Waals surface area contributed by atoms with Crippen molar-refractivity contribution in [2.24, 2.45) is 5.16 Å². The smallest absolute Gasteiger partial charge is 0.280 e. The molecule has 1 aromatic carbocycles. The van der Waals surface area contributed by atoms with Crippen molar-refractivity contribution in [2.75, 3.05) is 32.6 Å². The average Bonchev–Trinajstić information content (AvgIpc) is 3.41. The number of sulfone groups is 1.